The summed E-state index contributed by atoms with van der Waals surface area (Å²) in [6.07, 6.45) is 0. The predicted octanol–water partition coefficient (Wildman–Crippen LogP) is 6.35. The van der Waals surface area contributed by atoms with Crippen molar-refractivity contribution in [2.75, 3.05) is 0 Å². The van der Waals surface area contributed by atoms with Crippen LogP contribution in [-0.2, 0) is 11.8 Å². The first-order valence-corrected chi connectivity index (χ1v) is 8.14. The van der Waals surface area contributed by atoms with E-state index in [4.69, 9.17) is 0 Å². The van der Waals surface area contributed by atoms with Crippen LogP contribution in [0.1, 0.15) is 22.4 Å². The van der Waals surface area contributed by atoms with Crippen molar-refractivity contribution in [3.63, 3.8) is 0 Å². The summed E-state index contributed by atoms with van der Waals surface area (Å²) >= 11 is 0. The molecule has 1 heterocycles. The highest BCUT2D eigenvalue weighted by Crippen LogP contribution is 2.62. The molecule has 0 saturated carbocycles. The van der Waals surface area contributed by atoms with Crippen molar-refractivity contribution in [2.24, 2.45) is 0 Å². The second-order valence-corrected chi connectivity index (χ2v) is 6.79. The van der Waals surface area contributed by atoms with Gasteiger partial charge in [-0.05, 0) is 47.9 Å². The number of hydrogen-bond acceptors (Lipinski definition) is 1. The van der Waals surface area contributed by atoms with Gasteiger partial charge in [-0.15, -0.1) is 0 Å². The maximum Gasteiger partial charge on any atom is 0.382 e. The SMILES string of the molecule is Cc1cc2ccccc2cc1-c1nc2c(cc1C)C(F)(F)C(F)(F)C2(F)F. The van der Waals surface area contributed by atoms with Gasteiger partial charge in [0.1, 0.15) is 5.69 Å². The highest BCUT2D eigenvalue weighted by molar-refractivity contribution is 5.89. The van der Waals surface area contributed by atoms with Gasteiger partial charge in [0.05, 0.1) is 11.3 Å². The van der Waals surface area contributed by atoms with Crippen molar-refractivity contribution in [2.45, 2.75) is 31.6 Å². The molecule has 0 fully saturated rings. The van der Waals surface area contributed by atoms with Crippen LogP contribution >= 0.6 is 0 Å². The molecule has 0 N–H and O–H groups in total. The third-order valence-corrected chi connectivity index (χ3v) is 4.99. The van der Waals surface area contributed by atoms with Crippen LogP contribution in [-0.4, -0.2) is 10.9 Å². The van der Waals surface area contributed by atoms with E-state index in [1.807, 2.05) is 12.1 Å². The Hall–Kier alpha value is -2.57. The molecule has 2 aromatic carbocycles. The maximum atomic E-state index is 14.1. The lowest BCUT2D eigenvalue weighted by Gasteiger charge is -2.22. The van der Waals surface area contributed by atoms with Gasteiger partial charge in [0.25, 0.3) is 0 Å². The van der Waals surface area contributed by atoms with E-state index in [9.17, 15) is 26.3 Å². The summed E-state index contributed by atoms with van der Waals surface area (Å²) in [5.74, 6) is -15.6. The Bertz CT molecular complexity index is 1090. The second kappa shape index (κ2) is 5.24. The number of aromatic nitrogens is 1. The molecule has 1 aliphatic rings. The minimum Gasteiger partial charge on any atom is -0.245 e. The monoisotopic (exact) mass is 381 g/mol. The van der Waals surface area contributed by atoms with Gasteiger partial charge in [-0.3, -0.25) is 0 Å². The molecule has 27 heavy (non-hydrogen) atoms. The standard InChI is InChI=1S/C20H13F6N/c1-10-7-12-5-3-4-6-13(12)9-14(10)16-11(2)8-15-17(27-16)19(23,24)20(25,26)18(15,21)22/h3-9H,1-2H3. The van der Waals surface area contributed by atoms with Crippen LogP contribution in [0.3, 0.4) is 0 Å². The molecule has 1 aromatic heterocycles. The first-order chi connectivity index (χ1) is 12.5. The molecule has 4 rings (SSSR count). The van der Waals surface area contributed by atoms with Crippen LogP contribution in [0.4, 0.5) is 26.3 Å². The lowest BCUT2D eigenvalue weighted by molar-refractivity contribution is -0.303. The molecule has 0 radical (unpaired) electrons. The lowest BCUT2D eigenvalue weighted by atomic mass is 9.96. The average Bonchev–Trinajstić information content (AvgIpc) is 2.69. The Labute approximate surface area is 150 Å². The molecule has 140 valence electrons. The summed E-state index contributed by atoms with van der Waals surface area (Å²) in [6.45, 7) is 3.11. The summed E-state index contributed by atoms with van der Waals surface area (Å²) in [5.41, 5.74) is -1.76. The Balaban J connectivity index is 2.00. The number of nitrogens with zero attached hydrogens (tertiary/aromatic N) is 1. The second-order valence-electron chi connectivity index (χ2n) is 6.79. The van der Waals surface area contributed by atoms with Crippen LogP contribution < -0.4 is 0 Å². The molecule has 0 aliphatic heterocycles. The van der Waals surface area contributed by atoms with Crippen molar-refractivity contribution in [3.8, 4) is 11.3 Å². The average molecular weight is 381 g/mol. The summed E-state index contributed by atoms with van der Waals surface area (Å²) in [6, 6.07) is 11.5. The molecule has 7 heteroatoms. The Kier molecular flexibility index (Phi) is 3.46. The van der Waals surface area contributed by atoms with E-state index in [0.717, 1.165) is 10.8 Å². The summed E-state index contributed by atoms with van der Waals surface area (Å²) in [4.78, 5) is 3.62. The maximum absolute atomic E-state index is 14.1. The summed E-state index contributed by atoms with van der Waals surface area (Å²) in [5, 5.41) is 1.70. The smallest absolute Gasteiger partial charge is 0.245 e. The molecule has 1 aliphatic carbocycles. The molecule has 0 saturated heterocycles. The minimum atomic E-state index is -5.53. The number of fused-ring (bicyclic) bond motifs is 2. The molecule has 0 bridgehead atoms. The fourth-order valence-corrected chi connectivity index (χ4v) is 3.49. The fraction of sp³-hybridized carbons (Fsp3) is 0.250. The van der Waals surface area contributed by atoms with Gasteiger partial charge in [-0.2, -0.15) is 26.3 Å². The predicted molar refractivity (Wildman–Crippen MR) is 89.4 cm³/mol. The van der Waals surface area contributed by atoms with E-state index in [-0.39, 0.29) is 11.3 Å². The first kappa shape index (κ1) is 17.8. The molecule has 0 amide bonds. The van der Waals surface area contributed by atoms with Crippen molar-refractivity contribution >= 4 is 10.8 Å². The number of pyridine rings is 1. The number of hydrogen-bond donors (Lipinski definition) is 0. The van der Waals surface area contributed by atoms with Gasteiger partial charge >= 0.3 is 17.8 Å². The van der Waals surface area contributed by atoms with E-state index in [2.05, 4.69) is 4.98 Å². The van der Waals surface area contributed by atoms with E-state index in [1.54, 1.807) is 31.2 Å². The molecule has 0 unspecified atom stereocenters. The van der Waals surface area contributed by atoms with Gasteiger partial charge in [0.2, 0.25) is 0 Å². The third kappa shape index (κ3) is 2.17. The van der Waals surface area contributed by atoms with Crippen molar-refractivity contribution < 1.29 is 26.3 Å². The minimum absolute atomic E-state index is 0.00909. The van der Waals surface area contributed by atoms with E-state index >= 15 is 0 Å². The van der Waals surface area contributed by atoms with Crippen molar-refractivity contribution in [1.29, 1.82) is 0 Å². The highest BCUT2D eigenvalue weighted by atomic mass is 19.3. The normalized spacial score (nSPS) is 19.3. The Morgan fingerprint density at radius 1 is 0.741 bits per heavy atom. The topological polar surface area (TPSA) is 12.9 Å². The van der Waals surface area contributed by atoms with Crippen molar-refractivity contribution in [3.05, 3.63) is 64.8 Å². The van der Waals surface area contributed by atoms with E-state index in [0.29, 0.717) is 17.2 Å². The van der Waals surface area contributed by atoms with Crippen LogP contribution in [0.2, 0.25) is 0 Å². The molecule has 0 atom stereocenters. The third-order valence-electron chi connectivity index (χ3n) is 4.99. The zero-order valence-corrected chi connectivity index (χ0v) is 14.3. The van der Waals surface area contributed by atoms with Gasteiger partial charge < -0.3 is 0 Å². The number of halogens is 6. The number of rotatable bonds is 1. The van der Waals surface area contributed by atoms with Gasteiger partial charge in [-0.1, -0.05) is 30.3 Å². The zero-order valence-electron chi connectivity index (χ0n) is 14.3. The summed E-state index contributed by atoms with van der Waals surface area (Å²) in [7, 11) is 0. The first-order valence-electron chi connectivity index (χ1n) is 8.14. The molecule has 0 spiro atoms. The lowest BCUT2D eigenvalue weighted by Crippen LogP contribution is -2.43. The Morgan fingerprint density at radius 2 is 1.33 bits per heavy atom. The molecular weight excluding hydrogens is 368 g/mol. The quantitative estimate of drug-likeness (QED) is 0.448. The number of benzene rings is 2. The van der Waals surface area contributed by atoms with Gasteiger partial charge in [0, 0.05) is 5.56 Å². The van der Waals surface area contributed by atoms with Gasteiger partial charge in [0.15, 0.2) is 0 Å². The largest absolute Gasteiger partial charge is 0.382 e. The Morgan fingerprint density at radius 3 is 1.96 bits per heavy atom. The molecular formula is C20H13F6N. The summed E-state index contributed by atoms with van der Waals surface area (Å²) < 4.78 is 83.5. The highest BCUT2D eigenvalue weighted by Gasteiger charge is 2.80. The van der Waals surface area contributed by atoms with Crippen LogP contribution in [0, 0.1) is 13.8 Å². The zero-order chi connectivity index (χ0) is 19.8. The fourth-order valence-electron chi connectivity index (χ4n) is 3.49. The van der Waals surface area contributed by atoms with E-state index in [1.165, 1.54) is 6.92 Å². The van der Waals surface area contributed by atoms with E-state index < -0.39 is 29.0 Å². The molecule has 1 nitrogen and oxygen atoms in total. The molecule has 3 aromatic rings. The van der Waals surface area contributed by atoms with Gasteiger partial charge in [-0.25, -0.2) is 4.98 Å². The van der Waals surface area contributed by atoms with Crippen molar-refractivity contribution in [1.82, 2.24) is 4.98 Å². The van der Waals surface area contributed by atoms with Crippen LogP contribution in [0.15, 0.2) is 42.5 Å². The van der Waals surface area contributed by atoms with Crippen LogP contribution in [0.5, 0.6) is 0 Å². The van der Waals surface area contributed by atoms with Crippen LogP contribution in [0.25, 0.3) is 22.0 Å². The number of alkyl halides is 6. The number of aryl methyl sites for hydroxylation is 2.